The quantitative estimate of drug-likeness (QED) is 0.700. The minimum atomic E-state index is -0.568. The minimum Gasteiger partial charge on any atom is -0.387 e. The average Bonchev–Trinajstić information content (AvgIpc) is 2.98. The molecule has 2 heterocycles. The predicted octanol–water partition coefficient (Wildman–Crippen LogP) is 4.49. The second kappa shape index (κ2) is 7.64. The van der Waals surface area contributed by atoms with Crippen LogP contribution in [0.25, 0.3) is 11.4 Å². The number of hydrogen-bond donors (Lipinski definition) is 1. The van der Waals surface area contributed by atoms with Crippen molar-refractivity contribution in [3.8, 4) is 11.4 Å². The van der Waals surface area contributed by atoms with E-state index in [0.29, 0.717) is 16.6 Å². The Balaban J connectivity index is 1.54. The maximum Gasteiger partial charge on any atom is 0.141 e. The Hall–Kier alpha value is -1.85. The van der Waals surface area contributed by atoms with E-state index in [1.807, 2.05) is 55.6 Å². The van der Waals surface area contributed by atoms with Gasteiger partial charge in [0.25, 0.3) is 0 Å². The number of fused-ring (bicyclic) bond motifs is 1. The number of aromatic nitrogens is 2. The summed E-state index contributed by atoms with van der Waals surface area (Å²) in [5.74, 6) is 0.892. The van der Waals surface area contributed by atoms with Crippen molar-refractivity contribution in [2.45, 2.75) is 19.1 Å². The van der Waals surface area contributed by atoms with Gasteiger partial charge in [0, 0.05) is 43.7 Å². The normalized spacial score (nSPS) is 15.6. The number of rotatable bonds is 4. The molecule has 6 heteroatoms. The molecular formula is C21H21Cl2N3O. The van der Waals surface area contributed by atoms with Crippen LogP contribution in [0.15, 0.2) is 48.5 Å². The zero-order valence-electron chi connectivity index (χ0n) is 15.1. The van der Waals surface area contributed by atoms with Crippen molar-refractivity contribution in [3.63, 3.8) is 0 Å². The van der Waals surface area contributed by atoms with Gasteiger partial charge in [-0.15, -0.1) is 0 Å². The second-order valence-corrected chi connectivity index (χ2v) is 7.77. The lowest BCUT2D eigenvalue weighted by Gasteiger charge is -2.29. The lowest BCUT2D eigenvalue weighted by atomic mass is 10.1. The molecule has 1 atom stereocenters. The molecule has 27 heavy (non-hydrogen) atoms. The molecule has 1 aliphatic heterocycles. The zero-order chi connectivity index (χ0) is 19.0. The standard InChI is InChI=1S/C21H21Cl2N3O/c1-25-19-12-26(13-20(27)14-5-4-6-15(22)11-14)10-9-18(19)24-21(25)16-7-2-3-8-17(16)23/h2-8,11,20,27H,9-10,12-13H2,1H3. The van der Waals surface area contributed by atoms with E-state index in [-0.39, 0.29) is 0 Å². The zero-order valence-corrected chi connectivity index (χ0v) is 16.6. The largest absolute Gasteiger partial charge is 0.387 e. The van der Waals surface area contributed by atoms with Crippen LogP contribution < -0.4 is 0 Å². The van der Waals surface area contributed by atoms with Gasteiger partial charge >= 0.3 is 0 Å². The highest BCUT2D eigenvalue weighted by atomic mass is 35.5. The molecule has 0 spiro atoms. The lowest BCUT2D eigenvalue weighted by molar-refractivity contribution is 0.104. The third kappa shape index (κ3) is 3.76. The molecule has 1 aromatic heterocycles. The third-order valence-corrected chi connectivity index (χ3v) is 5.68. The molecule has 0 saturated heterocycles. The Morgan fingerprint density at radius 2 is 1.96 bits per heavy atom. The van der Waals surface area contributed by atoms with Crippen molar-refractivity contribution in [3.05, 3.63) is 75.5 Å². The molecule has 0 saturated carbocycles. The molecule has 3 aromatic rings. The molecule has 0 amide bonds. The Bertz CT molecular complexity index is 970. The molecule has 140 valence electrons. The van der Waals surface area contributed by atoms with E-state index in [9.17, 15) is 5.11 Å². The van der Waals surface area contributed by atoms with Crippen LogP contribution in [0.4, 0.5) is 0 Å². The van der Waals surface area contributed by atoms with E-state index in [1.54, 1.807) is 0 Å². The lowest BCUT2D eigenvalue weighted by Crippen LogP contribution is -2.34. The maximum absolute atomic E-state index is 10.6. The summed E-state index contributed by atoms with van der Waals surface area (Å²) >= 11 is 12.4. The van der Waals surface area contributed by atoms with Gasteiger partial charge in [-0.1, -0.05) is 47.5 Å². The second-order valence-electron chi connectivity index (χ2n) is 6.92. The van der Waals surface area contributed by atoms with Gasteiger partial charge in [-0.25, -0.2) is 4.98 Å². The van der Waals surface area contributed by atoms with E-state index < -0.39 is 6.10 Å². The average molecular weight is 402 g/mol. The van der Waals surface area contributed by atoms with E-state index >= 15 is 0 Å². The highest BCUT2D eigenvalue weighted by Crippen LogP contribution is 2.31. The number of aliphatic hydroxyl groups excluding tert-OH is 1. The van der Waals surface area contributed by atoms with Gasteiger partial charge in [0.2, 0.25) is 0 Å². The number of nitrogens with zero attached hydrogens (tertiary/aromatic N) is 3. The van der Waals surface area contributed by atoms with Gasteiger partial charge in [-0.2, -0.15) is 0 Å². The summed E-state index contributed by atoms with van der Waals surface area (Å²) < 4.78 is 2.12. The first-order valence-electron chi connectivity index (χ1n) is 8.98. The van der Waals surface area contributed by atoms with Crippen LogP contribution in [0, 0.1) is 0 Å². The fourth-order valence-electron chi connectivity index (χ4n) is 3.64. The minimum absolute atomic E-state index is 0.562. The molecule has 1 unspecified atom stereocenters. The van der Waals surface area contributed by atoms with E-state index in [0.717, 1.165) is 42.2 Å². The van der Waals surface area contributed by atoms with Crippen LogP contribution in [0.5, 0.6) is 0 Å². The molecule has 0 radical (unpaired) electrons. The fraction of sp³-hybridized carbons (Fsp3) is 0.286. The summed E-state index contributed by atoms with van der Waals surface area (Å²) in [6, 6.07) is 15.2. The van der Waals surface area contributed by atoms with Gasteiger partial charge in [0.15, 0.2) is 0 Å². The molecule has 0 aliphatic carbocycles. The van der Waals surface area contributed by atoms with Gasteiger partial charge in [-0.3, -0.25) is 4.90 Å². The van der Waals surface area contributed by atoms with Gasteiger partial charge < -0.3 is 9.67 Å². The number of halogens is 2. The van der Waals surface area contributed by atoms with Crippen molar-refractivity contribution in [1.82, 2.24) is 14.5 Å². The van der Waals surface area contributed by atoms with Crippen LogP contribution in [-0.2, 0) is 20.0 Å². The van der Waals surface area contributed by atoms with Crippen molar-refractivity contribution < 1.29 is 5.11 Å². The van der Waals surface area contributed by atoms with Gasteiger partial charge in [0.1, 0.15) is 5.82 Å². The molecule has 2 aromatic carbocycles. The van der Waals surface area contributed by atoms with Crippen LogP contribution >= 0.6 is 23.2 Å². The number of aliphatic hydroxyl groups is 1. The highest BCUT2D eigenvalue weighted by Gasteiger charge is 2.25. The molecule has 4 nitrogen and oxygen atoms in total. The highest BCUT2D eigenvalue weighted by molar-refractivity contribution is 6.33. The molecule has 1 N–H and O–H groups in total. The molecule has 1 aliphatic rings. The summed E-state index contributed by atoms with van der Waals surface area (Å²) in [7, 11) is 2.03. The van der Waals surface area contributed by atoms with E-state index in [4.69, 9.17) is 28.2 Å². The number of benzene rings is 2. The number of hydrogen-bond acceptors (Lipinski definition) is 3. The molecule has 4 rings (SSSR count). The number of β-amino-alcohol motifs (C(OH)–C–C–N with tert-alkyl or cyclic N) is 1. The molecule has 0 bridgehead atoms. The topological polar surface area (TPSA) is 41.3 Å². The SMILES string of the molecule is Cn1c(-c2ccccc2Cl)nc2c1CN(CC(O)c1cccc(Cl)c1)CC2. The molecule has 0 fully saturated rings. The Morgan fingerprint density at radius 3 is 2.74 bits per heavy atom. The third-order valence-electron chi connectivity index (χ3n) is 5.11. The summed E-state index contributed by atoms with van der Waals surface area (Å²) in [6.07, 6.45) is 0.289. The Morgan fingerprint density at radius 1 is 1.15 bits per heavy atom. The van der Waals surface area contributed by atoms with Crippen LogP contribution in [0.3, 0.4) is 0 Å². The summed E-state index contributed by atoms with van der Waals surface area (Å²) in [6.45, 7) is 2.18. The number of imidazole rings is 1. The van der Waals surface area contributed by atoms with Crippen molar-refractivity contribution in [1.29, 1.82) is 0 Å². The Kier molecular flexibility index (Phi) is 5.24. The van der Waals surface area contributed by atoms with E-state index in [2.05, 4.69) is 9.47 Å². The smallest absolute Gasteiger partial charge is 0.141 e. The first kappa shape index (κ1) is 18.5. The van der Waals surface area contributed by atoms with E-state index in [1.165, 1.54) is 5.69 Å². The van der Waals surface area contributed by atoms with Gasteiger partial charge in [0.05, 0.1) is 22.5 Å². The van der Waals surface area contributed by atoms with Gasteiger partial charge in [-0.05, 0) is 29.8 Å². The predicted molar refractivity (Wildman–Crippen MR) is 109 cm³/mol. The monoisotopic (exact) mass is 401 g/mol. The summed E-state index contributed by atoms with van der Waals surface area (Å²) in [5.41, 5.74) is 4.08. The van der Waals surface area contributed by atoms with Crippen molar-refractivity contribution >= 4 is 23.2 Å². The van der Waals surface area contributed by atoms with Crippen LogP contribution in [0.1, 0.15) is 23.1 Å². The van der Waals surface area contributed by atoms with Crippen molar-refractivity contribution in [2.75, 3.05) is 13.1 Å². The first-order valence-corrected chi connectivity index (χ1v) is 9.74. The summed E-state index contributed by atoms with van der Waals surface area (Å²) in [5, 5.41) is 11.9. The van der Waals surface area contributed by atoms with Crippen LogP contribution in [-0.4, -0.2) is 32.6 Å². The Labute approximate surface area is 169 Å². The first-order chi connectivity index (χ1) is 13.0. The fourth-order valence-corrected chi connectivity index (χ4v) is 4.06. The van der Waals surface area contributed by atoms with Crippen LogP contribution in [0.2, 0.25) is 10.0 Å². The summed E-state index contributed by atoms with van der Waals surface area (Å²) in [4.78, 5) is 7.09. The van der Waals surface area contributed by atoms with Crippen molar-refractivity contribution in [2.24, 2.45) is 7.05 Å². The maximum atomic E-state index is 10.6. The molecular weight excluding hydrogens is 381 g/mol.